The van der Waals surface area contributed by atoms with Gasteiger partial charge in [-0.2, -0.15) is 0 Å². The fourth-order valence-corrected chi connectivity index (χ4v) is 4.80. The van der Waals surface area contributed by atoms with Crippen LogP contribution in [0.5, 0.6) is 0 Å². The number of azide groups is 1. The van der Waals surface area contributed by atoms with Gasteiger partial charge in [-0.1, -0.05) is 69.3 Å². The van der Waals surface area contributed by atoms with Crippen molar-refractivity contribution in [3.63, 3.8) is 0 Å². The standard InChI is InChI=1S/C24H30N4O3S2/c1-17-10-12-19(13-11-17)32-23-20(27-28-25)14-21(30-16-18-8-6-5-7-9-18)22(31-23)15-26-33(29)24(2,3)4/h5-13,15,20-23H,14,16H2,1-4H3/b26-15+/t20-,21+,22-,23?,33-/m1/s1. The van der Waals surface area contributed by atoms with Crippen LogP contribution < -0.4 is 0 Å². The van der Waals surface area contributed by atoms with Gasteiger partial charge in [-0.25, -0.2) is 0 Å². The molecule has 1 heterocycles. The maximum Gasteiger partial charge on any atom is 0.144 e. The highest BCUT2D eigenvalue weighted by Gasteiger charge is 2.39. The van der Waals surface area contributed by atoms with Crippen molar-refractivity contribution < 1.29 is 14.0 Å². The fraction of sp³-hybridized carbons (Fsp3) is 0.458. The van der Waals surface area contributed by atoms with E-state index < -0.39 is 39.8 Å². The van der Waals surface area contributed by atoms with E-state index in [9.17, 15) is 4.55 Å². The number of rotatable bonds is 8. The summed E-state index contributed by atoms with van der Waals surface area (Å²) in [7, 11) is 0. The van der Waals surface area contributed by atoms with Crippen LogP contribution in [0.1, 0.15) is 38.3 Å². The third-order valence-corrected chi connectivity index (χ3v) is 7.62. The second-order valence-corrected chi connectivity index (χ2v) is 12.0. The predicted molar refractivity (Wildman–Crippen MR) is 135 cm³/mol. The molecule has 5 atom stereocenters. The van der Waals surface area contributed by atoms with Crippen molar-refractivity contribution in [3.8, 4) is 0 Å². The summed E-state index contributed by atoms with van der Waals surface area (Å²) >= 11 is 0.0885. The topological polar surface area (TPSA) is 103 Å². The Kier molecular flexibility index (Phi) is 9.26. The molecule has 176 valence electrons. The molecule has 0 aromatic heterocycles. The Morgan fingerprint density at radius 3 is 2.55 bits per heavy atom. The molecule has 2 aromatic rings. The molecule has 2 aromatic carbocycles. The minimum atomic E-state index is -1.41. The van der Waals surface area contributed by atoms with Crippen LogP contribution >= 0.6 is 11.8 Å². The molecule has 0 radical (unpaired) electrons. The van der Waals surface area contributed by atoms with Crippen molar-refractivity contribution in [2.24, 2.45) is 9.51 Å². The van der Waals surface area contributed by atoms with Crippen LogP contribution in [0.25, 0.3) is 10.4 Å². The molecule has 0 bridgehead atoms. The zero-order valence-corrected chi connectivity index (χ0v) is 21.0. The van der Waals surface area contributed by atoms with Gasteiger partial charge in [0, 0.05) is 9.81 Å². The van der Waals surface area contributed by atoms with Crippen LogP contribution in [0.15, 0.2) is 69.0 Å². The molecular weight excluding hydrogens is 456 g/mol. The second kappa shape index (κ2) is 11.9. The van der Waals surface area contributed by atoms with E-state index in [-0.39, 0.29) is 0 Å². The van der Waals surface area contributed by atoms with E-state index in [0.717, 1.165) is 10.5 Å². The summed E-state index contributed by atoms with van der Waals surface area (Å²) in [5.41, 5.74) is 10.9. The van der Waals surface area contributed by atoms with E-state index in [1.54, 1.807) is 6.21 Å². The molecule has 1 saturated heterocycles. The highest BCUT2D eigenvalue weighted by Crippen LogP contribution is 2.36. The van der Waals surface area contributed by atoms with Crippen molar-refractivity contribution in [1.82, 2.24) is 0 Å². The van der Waals surface area contributed by atoms with Crippen molar-refractivity contribution >= 4 is 29.3 Å². The summed E-state index contributed by atoms with van der Waals surface area (Å²) in [6, 6.07) is 17.5. The van der Waals surface area contributed by atoms with E-state index in [4.69, 9.17) is 15.0 Å². The van der Waals surface area contributed by atoms with E-state index in [2.05, 4.69) is 14.4 Å². The molecule has 33 heavy (non-hydrogen) atoms. The summed E-state index contributed by atoms with van der Waals surface area (Å²) in [4.78, 5) is 4.06. The average molecular weight is 487 g/mol. The first-order chi connectivity index (χ1) is 15.8. The lowest BCUT2D eigenvalue weighted by Gasteiger charge is -2.38. The van der Waals surface area contributed by atoms with Crippen molar-refractivity contribution in [3.05, 3.63) is 76.2 Å². The van der Waals surface area contributed by atoms with Crippen LogP contribution in [-0.4, -0.2) is 39.2 Å². The first-order valence-electron chi connectivity index (χ1n) is 10.8. The molecule has 1 fully saturated rings. The van der Waals surface area contributed by atoms with Gasteiger partial charge in [0.05, 0.1) is 25.0 Å². The second-order valence-electron chi connectivity index (χ2n) is 8.86. The van der Waals surface area contributed by atoms with E-state index in [1.807, 2.05) is 82.3 Å². The Morgan fingerprint density at radius 2 is 1.91 bits per heavy atom. The highest BCUT2D eigenvalue weighted by atomic mass is 32.2. The molecule has 9 heteroatoms. The number of ether oxygens (including phenoxy) is 2. The molecule has 1 unspecified atom stereocenters. The Morgan fingerprint density at radius 1 is 1.21 bits per heavy atom. The number of nitrogens with zero attached hydrogens (tertiary/aromatic N) is 4. The molecule has 7 nitrogen and oxygen atoms in total. The molecule has 1 aliphatic heterocycles. The van der Waals surface area contributed by atoms with Crippen LogP contribution in [0, 0.1) is 6.92 Å². The number of benzene rings is 2. The summed E-state index contributed by atoms with van der Waals surface area (Å²) in [5.74, 6) is 0. The van der Waals surface area contributed by atoms with Gasteiger partial charge < -0.3 is 14.0 Å². The summed E-state index contributed by atoms with van der Waals surface area (Å²) in [6.07, 6.45) is 1.15. The van der Waals surface area contributed by atoms with Gasteiger partial charge in [-0.3, -0.25) is 0 Å². The molecule has 0 amide bonds. The molecular formula is C24H30N4O3S2. The Balaban J connectivity index is 1.81. The highest BCUT2D eigenvalue weighted by molar-refractivity contribution is 7.99. The van der Waals surface area contributed by atoms with Crippen LogP contribution in [0.2, 0.25) is 0 Å². The summed E-state index contributed by atoms with van der Waals surface area (Å²) < 4.78 is 28.8. The first-order valence-corrected chi connectivity index (χ1v) is 12.8. The average Bonchev–Trinajstić information content (AvgIpc) is 2.79. The maximum absolute atomic E-state index is 12.5. The minimum Gasteiger partial charge on any atom is -0.591 e. The van der Waals surface area contributed by atoms with Gasteiger partial charge >= 0.3 is 0 Å². The van der Waals surface area contributed by atoms with Crippen molar-refractivity contribution in [2.75, 3.05) is 0 Å². The molecule has 3 rings (SSSR count). The summed E-state index contributed by atoms with van der Waals surface area (Å²) in [5, 5.41) is 4.00. The van der Waals surface area contributed by atoms with Gasteiger partial charge in [-0.15, -0.1) is 0 Å². The lowest BCUT2D eigenvalue weighted by Crippen LogP contribution is -2.47. The predicted octanol–water partition coefficient (Wildman–Crippen LogP) is 6.00. The van der Waals surface area contributed by atoms with E-state index in [0.29, 0.717) is 13.0 Å². The molecule has 0 spiro atoms. The first kappa shape index (κ1) is 25.6. The zero-order valence-electron chi connectivity index (χ0n) is 19.3. The molecule has 1 aliphatic rings. The van der Waals surface area contributed by atoms with Crippen LogP contribution in [0.3, 0.4) is 0 Å². The van der Waals surface area contributed by atoms with Gasteiger partial charge in [0.25, 0.3) is 0 Å². The number of aryl methyl sites for hydroxylation is 1. The lowest BCUT2D eigenvalue weighted by molar-refractivity contribution is -0.0973. The largest absolute Gasteiger partial charge is 0.591 e. The third-order valence-electron chi connectivity index (χ3n) is 5.05. The SMILES string of the molecule is Cc1ccc(SC2O[C@H](/C=N/[S@+]([O-])C(C)(C)C)[C@@H](OCc3ccccc3)C[C@H]2N=[N+]=[N-])cc1. The van der Waals surface area contributed by atoms with Gasteiger partial charge in [-0.05, 0) is 57.3 Å². The van der Waals surface area contributed by atoms with E-state index in [1.165, 1.54) is 17.3 Å². The van der Waals surface area contributed by atoms with Gasteiger partial charge in [0.1, 0.15) is 27.6 Å². The maximum atomic E-state index is 12.5. The van der Waals surface area contributed by atoms with Crippen molar-refractivity contribution in [2.45, 2.75) is 74.1 Å². The van der Waals surface area contributed by atoms with Crippen LogP contribution in [-0.2, 0) is 27.4 Å². The number of hydrogen-bond acceptors (Lipinski definition) is 6. The Hall–Kier alpha value is -2.00. The van der Waals surface area contributed by atoms with Crippen molar-refractivity contribution in [1.29, 1.82) is 0 Å². The quantitative estimate of drug-likeness (QED) is 0.150. The lowest BCUT2D eigenvalue weighted by atomic mass is 10.0. The fourth-order valence-electron chi connectivity index (χ4n) is 3.19. The normalized spacial score (nSPS) is 24.4. The molecule has 0 aliphatic carbocycles. The molecule has 0 N–H and O–H groups in total. The van der Waals surface area contributed by atoms with Crippen LogP contribution in [0.4, 0.5) is 0 Å². The molecule has 0 saturated carbocycles. The van der Waals surface area contributed by atoms with Gasteiger partial charge in [0.2, 0.25) is 0 Å². The summed E-state index contributed by atoms with van der Waals surface area (Å²) in [6.45, 7) is 8.04. The van der Waals surface area contributed by atoms with E-state index >= 15 is 0 Å². The van der Waals surface area contributed by atoms with Gasteiger partial charge in [0.15, 0.2) is 0 Å². The zero-order chi connectivity index (χ0) is 23.8. The Labute approximate surface area is 202 Å². The monoisotopic (exact) mass is 486 g/mol. The third kappa shape index (κ3) is 7.78. The minimum absolute atomic E-state index is 0.389. The number of thioether (sulfide) groups is 1. The Bertz CT molecular complexity index is 960. The smallest absolute Gasteiger partial charge is 0.144 e. The number of hydrogen-bond donors (Lipinski definition) is 0.